The summed E-state index contributed by atoms with van der Waals surface area (Å²) in [6, 6.07) is 8.97. The highest BCUT2D eigenvalue weighted by Crippen LogP contribution is 2.24. The molecule has 1 aromatic rings. The number of carbonyl (C=O) groups excluding carboxylic acids is 3. The Balaban J connectivity index is 2.07. The molecule has 3 amide bonds. The second-order valence-electron chi connectivity index (χ2n) is 10.00. The molecular weight excluding hydrogens is 418 g/mol. The van der Waals surface area contributed by atoms with Crippen LogP contribution >= 0.6 is 0 Å². The van der Waals surface area contributed by atoms with E-state index in [1.165, 1.54) is 5.06 Å². The molecular formula is C26H41N3O4. The van der Waals surface area contributed by atoms with Crippen LogP contribution in [-0.2, 0) is 25.8 Å². The predicted molar refractivity (Wildman–Crippen MR) is 129 cm³/mol. The van der Waals surface area contributed by atoms with Gasteiger partial charge >= 0.3 is 0 Å². The van der Waals surface area contributed by atoms with Gasteiger partial charge in [0.15, 0.2) is 0 Å². The standard InChI is InChI=1S/C26H41N3O4/c1-5-6-15-22(18-29(20-30)33-19-21-13-9-7-10-14-21)24(31)27-23(26(2,3)4)25(32)28-16-11-8-12-17-28/h7,9-10,13-14,20,22-23H,5-6,8,11-12,15-19H2,1-4H3,(H,27,31)/t22-,23-/m1/s1. The van der Waals surface area contributed by atoms with E-state index in [9.17, 15) is 14.4 Å². The molecule has 1 aromatic carbocycles. The predicted octanol–water partition coefficient (Wildman–Crippen LogP) is 3.93. The number of hydrogen-bond acceptors (Lipinski definition) is 4. The summed E-state index contributed by atoms with van der Waals surface area (Å²) in [5, 5.41) is 4.24. The first-order valence-electron chi connectivity index (χ1n) is 12.2. The highest BCUT2D eigenvalue weighted by molar-refractivity contribution is 5.89. The average Bonchev–Trinajstić information content (AvgIpc) is 2.82. The van der Waals surface area contributed by atoms with E-state index in [-0.39, 0.29) is 25.0 Å². The summed E-state index contributed by atoms with van der Waals surface area (Å²) in [6.45, 7) is 9.87. The van der Waals surface area contributed by atoms with E-state index in [0.29, 0.717) is 12.8 Å². The minimum absolute atomic E-state index is 0.0163. The minimum atomic E-state index is -0.609. The third-order valence-corrected chi connectivity index (χ3v) is 6.10. The smallest absolute Gasteiger partial charge is 0.245 e. The molecule has 0 unspecified atom stereocenters. The third kappa shape index (κ3) is 8.80. The zero-order chi connectivity index (χ0) is 24.3. The van der Waals surface area contributed by atoms with Crippen LogP contribution in [-0.4, -0.2) is 53.9 Å². The topological polar surface area (TPSA) is 79.0 Å². The van der Waals surface area contributed by atoms with Crippen molar-refractivity contribution in [3.8, 4) is 0 Å². The lowest BCUT2D eigenvalue weighted by Gasteiger charge is -2.37. The third-order valence-electron chi connectivity index (χ3n) is 6.10. The van der Waals surface area contributed by atoms with E-state index in [0.717, 1.165) is 50.8 Å². The summed E-state index contributed by atoms with van der Waals surface area (Å²) in [7, 11) is 0. The fourth-order valence-corrected chi connectivity index (χ4v) is 4.04. The number of carbonyl (C=O) groups is 3. The Labute approximate surface area is 198 Å². The minimum Gasteiger partial charge on any atom is -0.344 e. The van der Waals surface area contributed by atoms with Crippen LogP contribution in [0.4, 0.5) is 0 Å². The van der Waals surface area contributed by atoms with Crippen LogP contribution < -0.4 is 5.32 Å². The van der Waals surface area contributed by atoms with Gasteiger partial charge in [-0.25, -0.2) is 5.06 Å². The molecule has 0 radical (unpaired) electrons. The highest BCUT2D eigenvalue weighted by atomic mass is 16.7. The van der Waals surface area contributed by atoms with E-state index in [1.807, 2.05) is 56.0 Å². The molecule has 1 N–H and O–H groups in total. The average molecular weight is 460 g/mol. The van der Waals surface area contributed by atoms with E-state index in [2.05, 4.69) is 12.2 Å². The summed E-state index contributed by atoms with van der Waals surface area (Å²) in [6.07, 6.45) is 6.17. The number of piperidine rings is 1. The number of amides is 3. The van der Waals surface area contributed by atoms with E-state index >= 15 is 0 Å². The SMILES string of the molecule is CCCC[C@H](CN(C=O)OCc1ccccc1)C(=O)N[C@H](C(=O)N1CCCCC1)C(C)(C)C. The van der Waals surface area contributed by atoms with Gasteiger partial charge in [0.25, 0.3) is 0 Å². The van der Waals surface area contributed by atoms with Gasteiger partial charge < -0.3 is 10.2 Å². The quantitative estimate of drug-likeness (QED) is 0.379. The van der Waals surface area contributed by atoms with Crippen LogP contribution in [0.5, 0.6) is 0 Å². The summed E-state index contributed by atoms with van der Waals surface area (Å²) in [5.41, 5.74) is 0.520. The molecule has 0 saturated carbocycles. The van der Waals surface area contributed by atoms with Gasteiger partial charge in [0.2, 0.25) is 18.2 Å². The molecule has 1 saturated heterocycles. The number of unbranched alkanes of at least 4 members (excludes halogenated alkanes) is 1. The Morgan fingerprint density at radius 1 is 1.15 bits per heavy atom. The van der Waals surface area contributed by atoms with Crippen molar-refractivity contribution in [2.45, 2.75) is 78.9 Å². The second-order valence-corrected chi connectivity index (χ2v) is 10.00. The Kier molecular flexibility index (Phi) is 10.8. The first kappa shape index (κ1) is 26.8. The number of likely N-dealkylation sites (tertiary alicyclic amines) is 1. The van der Waals surface area contributed by atoms with Gasteiger partial charge in [-0.3, -0.25) is 19.2 Å². The Morgan fingerprint density at radius 2 is 1.82 bits per heavy atom. The maximum atomic E-state index is 13.3. The zero-order valence-corrected chi connectivity index (χ0v) is 20.7. The number of hydroxylamine groups is 2. The molecule has 7 nitrogen and oxygen atoms in total. The second kappa shape index (κ2) is 13.3. The molecule has 0 aromatic heterocycles. The number of hydrogen-bond donors (Lipinski definition) is 1. The fraction of sp³-hybridized carbons (Fsp3) is 0.654. The Morgan fingerprint density at radius 3 is 2.39 bits per heavy atom. The van der Waals surface area contributed by atoms with Gasteiger partial charge in [-0.2, -0.15) is 0 Å². The summed E-state index contributed by atoms with van der Waals surface area (Å²) < 4.78 is 0. The summed E-state index contributed by atoms with van der Waals surface area (Å²) in [5.74, 6) is -0.675. The number of benzene rings is 1. The molecule has 0 spiro atoms. The van der Waals surface area contributed by atoms with E-state index in [4.69, 9.17) is 4.84 Å². The van der Waals surface area contributed by atoms with Crippen LogP contribution in [0.3, 0.4) is 0 Å². The molecule has 2 rings (SSSR count). The number of nitrogens with zero attached hydrogens (tertiary/aromatic N) is 2. The molecule has 1 aliphatic heterocycles. The maximum absolute atomic E-state index is 13.3. The first-order chi connectivity index (χ1) is 15.8. The first-order valence-corrected chi connectivity index (χ1v) is 12.2. The normalized spacial score (nSPS) is 16.1. The van der Waals surface area contributed by atoms with Crippen molar-refractivity contribution in [3.05, 3.63) is 35.9 Å². The fourth-order valence-electron chi connectivity index (χ4n) is 4.04. The van der Waals surface area contributed by atoms with Crippen molar-refractivity contribution in [1.29, 1.82) is 0 Å². The van der Waals surface area contributed by atoms with Crippen molar-refractivity contribution >= 4 is 18.2 Å². The number of nitrogens with one attached hydrogen (secondary N) is 1. The monoisotopic (exact) mass is 459 g/mol. The maximum Gasteiger partial charge on any atom is 0.245 e. The highest BCUT2D eigenvalue weighted by Gasteiger charge is 2.37. The van der Waals surface area contributed by atoms with Gasteiger partial charge in [0.1, 0.15) is 12.6 Å². The number of rotatable bonds is 12. The molecule has 0 bridgehead atoms. The lowest BCUT2D eigenvalue weighted by molar-refractivity contribution is -0.182. The van der Waals surface area contributed by atoms with Gasteiger partial charge in [0, 0.05) is 13.1 Å². The molecule has 1 aliphatic rings. The molecule has 2 atom stereocenters. The van der Waals surface area contributed by atoms with Crippen LogP contribution in [0.25, 0.3) is 0 Å². The Hall–Kier alpha value is -2.41. The largest absolute Gasteiger partial charge is 0.344 e. The van der Waals surface area contributed by atoms with E-state index in [1.54, 1.807) is 0 Å². The van der Waals surface area contributed by atoms with Gasteiger partial charge in [-0.1, -0.05) is 70.9 Å². The summed E-state index contributed by atoms with van der Waals surface area (Å²) >= 11 is 0. The van der Waals surface area contributed by atoms with E-state index < -0.39 is 17.4 Å². The van der Waals surface area contributed by atoms with Crippen molar-refractivity contribution in [2.24, 2.45) is 11.3 Å². The molecule has 33 heavy (non-hydrogen) atoms. The molecule has 0 aliphatic carbocycles. The van der Waals surface area contributed by atoms with Crippen LogP contribution in [0, 0.1) is 11.3 Å². The van der Waals surface area contributed by atoms with Crippen LogP contribution in [0.2, 0.25) is 0 Å². The zero-order valence-electron chi connectivity index (χ0n) is 20.7. The van der Waals surface area contributed by atoms with Crippen LogP contribution in [0.1, 0.15) is 71.8 Å². The lowest BCUT2D eigenvalue weighted by Crippen LogP contribution is -2.57. The summed E-state index contributed by atoms with van der Waals surface area (Å²) in [4.78, 5) is 45.8. The Bertz CT molecular complexity index is 742. The van der Waals surface area contributed by atoms with Gasteiger partial charge in [-0.15, -0.1) is 0 Å². The van der Waals surface area contributed by atoms with Crippen molar-refractivity contribution in [2.75, 3.05) is 19.6 Å². The molecule has 1 heterocycles. The van der Waals surface area contributed by atoms with Crippen LogP contribution in [0.15, 0.2) is 30.3 Å². The molecule has 1 fully saturated rings. The van der Waals surface area contributed by atoms with Crippen molar-refractivity contribution in [3.63, 3.8) is 0 Å². The van der Waals surface area contributed by atoms with Crippen molar-refractivity contribution < 1.29 is 19.2 Å². The lowest BCUT2D eigenvalue weighted by atomic mass is 9.84. The van der Waals surface area contributed by atoms with Crippen molar-refractivity contribution in [1.82, 2.24) is 15.3 Å². The van der Waals surface area contributed by atoms with Gasteiger partial charge in [0.05, 0.1) is 12.5 Å². The molecule has 184 valence electrons. The van der Waals surface area contributed by atoms with Gasteiger partial charge in [-0.05, 0) is 36.7 Å². The molecule has 7 heteroatoms.